The maximum Gasteiger partial charge on any atom is 0.287 e. The zero-order valence-corrected chi connectivity index (χ0v) is 11.1. The van der Waals surface area contributed by atoms with Crippen LogP contribution in [0.5, 0.6) is 0 Å². The Labute approximate surface area is 111 Å². The van der Waals surface area contributed by atoms with Gasteiger partial charge in [-0.15, -0.1) is 0 Å². The van der Waals surface area contributed by atoms with Crippen LogP contribution in [-0.4, -0.2) is 46.5 Å². The van der Waals surface area contributed by atoms with Crippen molar-refractivity contribution in [2.75, 3.05) is 20.1 Å². The maximum atomic E-state index is 12.4. The summed E-state index contributed by atoms with van der Waals surface area (Å²) < 4.78 is 1.63. The van der Waals surface area contributed by atoms with E-state index in [-0.39, 0.29) is 11.6 Å². The summed E-state index contributed by atoms with van der Waals surface area (Å²) in [6, 6.07) is 1.67. The SMILES string of the molecule is CCn1cc([N+](=O)[O-])cc1C(=O)N1CCC(NC)C1. The molecule has 1 atom stereocenters. The summed E-state index contributed by atoms with van der Waals surface area (Å²) in [5.74, 6) is -0.132. The number of likely N-dealkylation sites (tertiary alicyclic amines) is 1. The highest BCUT2D eigenvalue weighted by atomic mass is 16.6. The minimum atomic E-state index is -0.469. The van der Waals surface area contributed by atoms with Crippen LogP contribution < -0.4 is 5.32 Å². The van der Waals surface area contributed by atoms with Gasteiger partial charge < -0.3 is 14.8 Å². The van der Waals surface area contributed by atoms with Crippen molar-refractivity contribution in [1.82, 2.24) is 14.8 Å². The molecule has 2 heterocycles. The highest BCUT2D eigenvalue weighted by Gasteiger charge is 2.29. The standard InChI is InChI=1S/C12H18N4O3/c1-3-14-8-10(16(18)19)6-11(14)12(17)15-5-4-9(7-15)13-2/h6,8-9,13H,3-5,7H2,1-2H3. The molecule has 1 saturated heterocycles. The highest BCUT2D eigenvalue weighted by molar-refractivity contribution is 5.93. The molecule has 104 valence electrons. The highest BCUT2D eigenvalue weighted by Crippen LogP contribution is 2.20. The number of amides is 1. The van der Waals surface area contributed by atoms with Gasteiger partial charge in [0, 0.05) is 31.7 Å². The lowest BCUT2D eigenvalue weighted by Gasteiger charge is -2.17. The average molecular weight is 266 g/mol. The van der Waals surface area contributed by atoms with Crippen molar-refractivity contribution in [3.05, 3.63) is 28.1 Å². The van der Waals surface area contributed by atoms with Crippen molar-refractivity contribution in [3.8, 4) is 0 Å². The van der Waals surface area contributed by atoms with Gasteiger partial charge in [-0.25, -0.2) is 0 Å². The fourth-order valence-corrected chi connectivity index (χ4v) is 2.38. The Morgan fingerprint density at radius 1 is 1.63 bits per heavy atom. The van der Waals surface area contributed by atoms with E-state index in [0.717, 1.165) is 6.42 Å². The van der Waals surface area contributed by atoms with Crippen LogP contribution in [-0.2, 0) is 6.54 Å². The topological polar surface area (TPSA) is 80.4 Å². The fraction of sp³-hybridized carbons (Fsp3) is 0.583. The van der Waals surface area contributed by atoms with Gasteiger partial charge in [-0.05, 0) is 20.4 Å². The number of rotatable bonds is 4. The van der Waals surface area contributed by atoms with Crippen LogP contribution in [0.4, 0.5) is 5.69 Å². The Bertz CT molecular complexity index is 497. The maximum absolute atomic E-state index is 12.4. The normalized spacial score (nSPS) is 18.8. The lowest BCUT2D eigenvalue weighted by Crippen LogP contribution is -2.34. The first kappa shape index (κ1) is 13.5. The molecule has 0 radical (unpaired) electrons. The quantitative estimate of drug-likeness (QED) is 0.647. The van der Waals surface area contributed by atoms with E-state index in [1.165, 1.54) is 12.3 Å². The molecule has 1 aliphatic heterocycles. The molecular formula is C12H18N4O3. The summed E-state index contributed by atoms with van der Waals surface area (Å²) in [5.41, 5.74) is 0.362. The van der Waals surface area contributed by atoms with E-state index in [4.69, 9.17) is 0 Å². The smallest absolute Gasteiger partial charge is 0.287 e. The first-order valence-electron chi connectivity index (χ1n) is 6.38. The molecule has 0 spiro atoms. The second-order valence-corrected chi connectivity index (χ2v) is 4.65. The number of nitrogens with one attached hydrogen (secondary N) is 1. The van der Waals surface area contributed by atoms with Gasteiger partial charge in [0.1, 0.15) is 5.69 Å². The monoisotopic (exact) mass is 266 g/mol. The van der Waals surface area contributed by atoms with Gasteiger partial charge in [0.15, 0.2) is 0 Å². The molecule has 1 aliphatic rings. The van der Waals surface area contributed by atoms with Crippen molar-refractivity contribution in [2.24, 2.45) is 0 Å². The Hall–Kier alpha value is -1.89. The minimum Gasteiger partial charge on any atom is -0.337 e. The Balaban J connectivity index is 2.21. The van der Waals surface area contributed by atoms with Gasteiger partial charge in [0.25, 0.3) is 11.6 Å². The van der Waals surface area contributed by atoms with Crippen LogP contribution in [0.1, 0.15) is 23.8 Å². The Morgan fingerprint density at radius 2 is 2.37 bits per heavy atom. The average Bonchev–Trinajstić information content (AvgIpc) is 3.04. The Morgan fingerprint density at radius 3 is 2.89 bits per heavy atom. The molecule has 1 aromatic rings. The van der Waals surface area contributed by atoms with Crippen molar-refractivity contribution < 1.29 is 9.72 Å². The number of nitrogens with zero attached hydrogens (tertiary/aromatic N) is 3. The first-order chi connectivity index (χ1) is 9.06. The van der Waals surface area contributed by atoms with Crippen molar-refractivity contribution in [2.45, 2.75) is 25.9 Å². The van der Waals surface area contributed by atoms with Gasteiger partial charge in [-0.3, -0.25) is 14.9 Å². The van der Waals surface area contributed by atoms with Crippen LogP contribution >= 0.6 is 0 Å². The van der Waals surface area contributed by atoms with Gasteiger partial charge in [-0.2, -0.15) is 0 Å². The number of nitro groups is 1. The lowest BCUT2D eigenvalue weighted by atomic mass is 10.3. The third-order valence-electron chi connectivity index (χ3n) is 3.54. The van der Waals surface area contributed by atoms with Crippen molar-refractivity contribution in [3.63, 3.8) is 0 Å². The summed E-state index contributed by atoms with van der Waals surface area (Å²) in [7, 11) is 1.87. The number of aryl methyl sites for hydroxylation is 1. The minimum absolute atomic E-state index is 0.0328. The first-order valence-corrected chi connectivity index (χ1v) is 6.38. The molecule has 7 heteroatoms. The molecule has 1 N–H and O–H groups in total. The second kappa shape index (κ2) is 5.40. The van der Waals surface area contributed by atoms with E-state index in [1.54, 1.807) is 9.47 Å². The molecule has 0 aliphatic carbocycles. The summed E-state index contributed by atoms with van der Waals surface area (Å²) >= 11 is 0. The van der Waals surface area contributed by atoms with Crippen molar-refractivity contribution in [1.29, 1.82) is 0 Å². The molecule has 0 bridgehead atoms. The summed E-state index contributed by atoms with van der Waals surface area (Å²) in [4.78, 5) is 24.4. The lowest BCUT2D eigenvalue weighted by molar-refractivity contribution is -0.384. The predicted molar refractivity (Wildman–Crippen MR) is 70.1 cm³/mol. The summed E-state index contributed by atoms with van der Waals surface area (Å²) in [6.07, 6.45) is 2.33. The molecule has 0 saturated carbocycles. The number of hydrogen-bond donors (Lipinski definition) is 1. The number of likely N-dealkylation sites (N-methyl/N-ethyl adjacent to an activating group) is 1. The molecule has 1 aromatic heterocycles. The molecule has 0 aromatic carbocycles. The van der Waals surface area contributed by atoms with E-state index >= 15 is 0 Å². The molecule has 1 unspecified atom stereocenters. The zero-order chi connectivity index (χ0) is 14.0. The van der Waals surface area contributed by atoms with E-state index in [1.807, 2.05) is 14.0 Å². The van der Waals surface area contributed by atoms with Gasteiger partial charge in [0.2, 0.25) is 0 Å². The number of carbonyl (C=O) groups is 1. The molecular weight excluding hydrogens is 248 g/mol. The van der Waals surface area contributed by atoms with Crippen molar-refractivity contribution >= 4 is 11.6 Å². The van der Waals surface area contributed by atoms with Crippen LogP contribution in [0.25, 0.3) is 0 Å². The van der Waals surface area contributed by atoms with Crippen LogP contribution in [0, 0.1) is 10.1 Å². The van der Waals surface area contributed by atoms with E-state index in [2.05, 4.69) is 5.32 Å². The summed E-state index contributed by atoms with van der Waals surface area (Å²) in [5, 5.41) is 13.9. The van der Waals surface area contributed by atoms with Crippen LogP contribution in [0.3, 0.4) is 0 Å². The van der Waals surface area contributed by atoms with E-state index < -0.39 is 4.92 Å². The number of aromatic nitrogens is 1. The van der Waals surface area contributed by atoms with Gasteiger partial charge in [0.05, 0.1) is 11.1 Å². The van der Waals surface area contributed by atoms with E-state index in [9.17, 15) is 14.9 Å². The van der Waals surface area contributed by atoms with E-state index in [0.29, 0.717) is 31.4 Å². The summed E-state index contributed by atoms with van der Waals surface area (Å²) in [6.45, 7) is 3.74. The molecule has 19 heavy (non-hydrogen) atoms. The van der Waals surface area contributed by atoms with Gasteiger partial charge in [-0.1, -0.05) is 0 Å². The zero-order valence-electron chi connectivity index (χ0n) is 11.1. The molecule has 7 nitrogen and oxygen atoms in total. The third kappa shape index (κ3) is 2.60. The van der Waals surface area contributed by atoms with Gasteiger partial charge >= 0.3 is 0 Å². The molecule has 1 fully saturated rings. The van der Waals surface area contributed by atoms with Crippen LogP contribution in [0.2, 0.25) is 0 Å². The third-order valence-corrected chi connectivity index (χ3v) is 3.54. The predicted octanol–water partition coefficient (Wildman–Crippen LogP) is 0.850. The molecule has 2 rings (SSSR count). The number of hydrogen-bond acceptors (Lipinski definition) is 4. The second-order valence-electron chi connectivity index (χ2n) is 4.65. The Kier molecular flexibility index (Phi) is 3.84. The van der Waals surface area contributed by atoms with Crippen LogP contribution in [0.15, 0.2) is 12.3 Å². The largest absolute Gasteiger partial charge is 0.337 e. The molecule has 1 amide bonds. The number of carbonyl (C=O) groups excluding carboxylic acids is 1. The fourth-order valence-electron chi connectivity index (χ4n) is 2.38.